The lowest BCUT2D eigenvalue weighted by atomic mass is 10.1. The number of nitrogens with one attached hydrogen (secondary N) is 2. The molecule has 0 unspecified atom stereocenters. The summed E-state index contributed by atoms with van der Waals surface area (Å²) in [6.45, 7) is 3.18. The van der Waals surface area contributed by atoms with E-state index in [1.165, 1.54) is 0 Å². The van der Waals surface area contributed by atoms with Gasteiger partial charge in [0.1, 0.15) is 0 Å². The zero-order chi connectivity index (χ0) is 26.7. The summed E-state index contributed by atoms with van der Waals surface area (Å²) in [6, 6.07) is 21.2. The molecule has 0 saturated heterocycles. The number of carbonyl (C=O) groups is 1. The number of nitrogens with zero attached hydrogens (tertiary/aromatic N) is 4. The predicted octanol–water partition coefficient (Wildman–Crippen LogP) is 5.03. The molecule has 38 heavy (non-hydrogen) atoms. The number of para-hydroxylation sites is 1. The lowest BCUT2D eigenvalue weighted by Gasteiger charge is -2.17. The molecule has 0 aliphatic carbocycles. The van der Waals surface area contributed by atoms with Gasteiger partial charge in [0, 0.05) is 28.0 Å². The Kier molecular flexibility index (Phi) is 10.1. The third-order valence-corrected chi connectivity index (χ3v) is 7.29. The van der Waals surface area contributed by atoms with Gasteiger partial charge in [-0.1, -0.05) is 63.6 Å². The van der Waals surface area contributed by atoms with Crippen molar-refractivity contribution in [2.75, 3.05) is 31.3 Å². The van der Waals surface area contributed by atoms with Gasteiger partial charge in [0.15, 0.2) is 18.1 Å². The van der Waals surface area contributed by atoms with Crippen LogP contribution in [0.2, 0.25) is 0 Å². The van der Waals surface area contributed by atoms with Gasteiger partial charge < -0.3 is 20.1 Å². The Morgan fingerprint density at radius 3 is 2.63 bits per heavy atom. The Morgan fingerprint density at radius 2 is 1.87 bits per heavy atom. The van der Waals surface area contributed by atoms with E-state index < -0.39 is 0 Å². The molecular weight excluding hydrogens is 568 g/mol. The van der Waals surface area contributed by atoms with Crippen LogP contribution in [-0.2, 0) is 11.3 Å². The van der Waals surface area contributed by atoms with Crippen molar-refractivity contribution in [3.8, 4) is 17.2 Å². The minimum atomic E-state index is -0.246. The largest absolute Gasteiger partial charge is 0.493 e. The fourth-order valence-corrected chi connectivity index (χ4v) is 4.89. The number of amides is 1. The molecule has 0 aliphatic rings. The Labute approximate surface area is 234 Å². The molecule has 0 saturated carbocycles. The number of aromatic nitrogens is 4. The van der Waals surface area contributed by atoms with E-state index in [0.717, 1.165) is 50.8 Å². The maximum Gasteiger partial charge on any atom is 0.262 e. The Hall–Kier alpha value is -3.41. The van der Waals surface area contributed by atoms with Gasteiger partial charge in [0.2, 0.25) is 5.16 Å². The number of ether oxygens (including phenoxy) is 2. The smallest absolute Gasteiger partial charge is 0.262 e. The Morgan fingerprint density at radius 1 is 1.08 bits per heavy atom. The number of carbonyl (C=O) groups excluding carboxylic acids is 1. The van der Waals surface area contributed by atoms with Gasteiger partial charge >= 0.3 is 0 Å². The van der Waals surface area contributed by atoms with Gasteiger partial charge in [0.25, 0.3) is 5.91 Å². The van der Waals surface area contributed by atoms with E-state index in [4.69, 9.17) is 9.47 Å². The number of halogens is 1. The number of rotatable bonds is 13. The van der Waals surface area contributed by atoms with Crippen LogP contribution in [0.3, 0.4) is 0 Å². The third-order valence-electron chi connectivity index (χ3n) is 5.54. The first-order valence-electron chi connectivity index (χ1n) is 12.1. The summed E-state index contributed by atoms with van der Waals surface area (Å²) in [4.78, 5) is 12.5. The number of thioether (sulfide) groups is 1. The van der Waals surface area contributed by atoms with E-state index in [2.05, 4.69) is 42.1 Å². The highest BCUT2D eigenvalue weighted by Gasteiger charge is 2.16. The van der Waals surface area contributed by atoms with Gasteiger partial charge in [-0.15, -0.1) is 5.10 Å². The van der Waals surface area contributed by atoms with Crippen LogP contribution in [-0.4, -0.2) is 52.1 Å². The van der Waals surface area contributed by atoms with Crippen molar-refractivity contribution >= 4 is 39.3 Å². The van der Waals surface area contributed by atoms with Gasteiger partial charge in [-0.25, -0.2) is 0 Å². The van der Waals surface area contributed by atoms with Crippen molar-refractivity contribution < 1.29 is 14.3 Å². The first kappa shape index (κ1) is 27.6. The first-order valence-corrected chi connectivity index (χ1v) is 13.8. The van der Waals surface area contributed by atoms with Crippen LogP contribution in [0.5, 0.6) is 11.5 Å². The van der Waals surface area contributed by atoms with E-state index in [1.807, 2.05) is 73.7 Å². The summed E-state index contributed by atoms with van der Waals surface area (Å²) in [5.74, 6) is 1.70. The van der Waals surface area contributed by atoms with Crippen molar-refractivity contribution in [3.63, 3.8) is 0 Å². The first-order chi connectivity index (χ1) is 18.5. The molecule has 4 aromatic rings. The zero-order valence-corrected chi connectivity index (χ0v) is 23.6. The highest BCUT2D eigenvalue weighted by Crippen LogP contribution is 2.36. The molecule has 1 aromatic heterocycles. The van der Waals surface area contributed by atoms with Gasteiger partial charge in [0.05, 0.1) is 12.8 Å². The van der Waals surface area contributed by atoms with Crippen molar-refractivity contribution in [2.45, 2.75) is 25.0 Å². The normalized spacial score (nSPS) is 10.8. The molecule has 0 fully saturated rings. The molecule has 0 spiro atoms. The van der Waals surface area contributed by atoms with E-state index in [0.29, 0.717) is 18.0 Å². The fraction of sp³-hybridized carbons (Fsp3) is 0.259. The topological polar surface area (TPSA) is 103 Å². The second-order valence-electron chi connectivity index (χ2n) is 8.35. The summed E-state index contributed by atoms with van der Waals surface area (Å²) >= 11 is 5.22. The predicted molar refractivity (Wildman–Crippen MR) is 152 cm³/mol. The average molecular weight is 598 g/mol. The summed E-state index contributed by atoms with van der Waals surface area (Å²) < 4.78 is 14.1. The molecule has 1 amide bonds. The molecule has 0 aliphatic heterocycles. The van der Waals surface area contributed by atoms with E-state index in [9.17, 15) is 4.79 Å². The van der Waals surface area contributed by atoms with E-state index in [-0.39, 0.29) is 12.5 Å². The minimum Gasteiger partial charge on any atom is -0.493 e. The molecular formula is C27H29BrN6O3S. The highest BCUT2D eigenvalue weighted by molar-refractivity contribution is 9.10. The van der Waals surface area contributed by atoms with Crippen LogP contribution < -0.4 is 20.1 Å². The van der Waals surface area contributed by atoms with Crippen molar-refractivity contribution in [1.82, 2.24) is 25.5 Å². The van der Waals surface area contributed by atoms with Crippen LogP contribution in [0.1, 0.15) is 17.5 Å². The molecule has 9 nitrogen and oxygen atoms in total. The molecule has 2 N–H and O–H groups in total. The van der Waals surface area contributed by atoms with E-state index in [1.54, 1.807) is 23.6 Å². The quantitative estimate of drug-likeness (QED) is 0.164. The number of hydrogen-bond donors (Lipinski definition) is 2. The second-order valence-corrected chi connectivity index (χ2v) is 10.3. The van der Waals surface area contributed by atoms with Crippen molar-refractivity contribution in [2.24, 2.45) is 0 Å². The lowest BCUT2D eigenvalue weighted by molar-refractivity contribution is -0.118. The molecule has 0 atom stereocenters. The summed E-state index contributed by atoms with van der Waals surface area (Å²) in [6.07, 6.45) is 0.906. The van der Waals surface area contributed by atoms with Gasteiger partial charge in [-0.3, -0.25) is 4.79 Å². The van der Waals surface area contributed by atoms with E-state index >= 15 is 0 Å². The maximum atomic E-state index is 12.5. The van der Waals surface area contributed by atoms with Crippen molar-refractivity contribution in [1.29, 1.82) is 0 Å². The number of tetrazole rings is 1. The fourth-order valence-electron chi connectivity index (χ4n) is 3.61. The minimum absolute atomic E-state index is 0.138. The maximum absolute atomic E-state index is 12.5. The van der Waals surface area contributed by atoms with Crippen LogP contribution in [0, 0.1) is 6.92 Å². The highest BCUT2D eigenvalue weighted by atomic mass is 79.9. The number of benzene rings is 3. The Bertz CT molecular complexity index is 1330. The van der Waals surface area contributed by atoms with Crippen LogP contribution in [0.4, 0.5) is 5.69 Å². The standard InChI is InChI=1S/C27H29BrN6O3S/c1-19-9-11-20(12-10-19)30-25(35)18-37-26-22(23(28)13-14-24(26)36-2)17-29-15-6-16-38-27-31-32-33-34(27)21-7-4-3-5-8-21/h3-5,7-14,29H,6,15-18H2,1-2H3,(H,30,35). The summed E-state index contributed by atoms with van der Waals surface area (Å²) in [5, 5.41) is 19.1. The molecule has 3 aromatic carbocycles. The average Bonchev–Trinajstić information content (AvgIpc) is 3.41. The zero-order valence-electron chi connectivity index (χ0n) is 21.2. The Balaban J connectivity index is 1.28. The molecule has 198 valence electrons. The molecule has 1 heterocycles. The number of hydrogen-bond acceptors (Lipinski definition) is 8. The van der Waals surface area contributed by atoms with Gasteiger partial charge in [-0.2, -0.15) is 4.68 Å². The third kappa shape index (κ3) is 7.56. The molecule has 0 radical (unpaired) electrons. The second kappa shape index (κ2) is 13.9. The summed E-state index contributed by atoms with van der Waals surface area (Å²) in [7, 11) is 1.58. The van der Waals surface area contributed by atoms with Crippen LogP contribution in [0.15, 0.2) is 76.4 Å². The molecule has 11 heteroatoms. The molecule has 0 bridgehead atoms. The van der Waals surface area contributed by atoms with Crippen LogP contribution in [0.25, 0.3) is 5.69 Å². The number of anilines is 1. The van der Waals surface area contributed by atoms with Crippen LogP contribution >= 0.6 is 27.7 Å². The summed E-state index contributed by atoms with van der Waals surface area (Å²) in [5.41, 5.74) is 3.67. The number of methoxy groups -OCH3 is 1. The number of aryl methyl sites for hydroxylation is 1. The van der Waals surface area contributed by atoms with Crippen molar-refractivity contribution in [3.05, 3.63) is 82.3 Å². The molecule has 4 rings (SSSR count). The SMILES string of the molecule is COc1ccc(Br)c(CNCCCSc2nnnn2-c2ccccc2)c1OCC(=O)Nc1ccc(C)cc1. The monoisotopic (exact) mass is 596 g/mol. The lowest BCUT2D eigenvalue weighted by Crippen LogP contribution is -2.22. The van der Waals surface area contributed by atoms with Gasteiger partial charge in [-0.05, 0) is 66.7 Å².